The Kier molecular flexibility index (Phi) is 3.53. The summed E-state index contributed by atoms with van der Waals surface area (Å²) in [5.41, 5.74) is 2.01. The van der Waals surface area contributed by atoms with Crippen molar-refractivity contribution in [3.8, 4) is 12.3 Å². The highest BCUT2D eigenvalue weighted by atomic mass is 16.2. The highest BCUT2D eigenvalue weighted by Gasteiger charge is 2.64. The summed E-state index contributed by atoms with van der Waals surface area (Å²) in [6, 6.07) is 7.26. The summed E-state index contributed by atoms with van der Waals surface area (Å²) in [6.07, 6.45) is 10.7. The van der Waals surface area contributed by atoms with Gasteiger partial charge in [0.1, 0.15) is 17.6 Å². The van der Waals surface area contributed by atoms with Gasteiger partial charge in [0, 0.05) is 30.7 Å². The van der Waals surface area contributed by atoms with Gasteiger partial charge in [-0.25, -0.2) is 14.2 Å². The topological polar surface area (TPSA) is 55.2 Å². The van der Waals surface area contributed by atoms with Crippen molar-refractivity contribution in [3.63, 3.8) is 0 Å². The second-order valence-corrected chi connectivity index (χ2v) is 7.44. The largest absolute Gasteiger partial charge is 0.431 e. The molecule has 6 heteroatoms. The van der Waals surface area contributed by atoms with Gasteiger partial charge in [-0.3, -0.25) is 9.48 Å². The van der Waals surface area contributed by atoms with E-state index in [0.717, 1.165) is 24.1 Å². The van der Waals surface area contributed by atoms with Crippen LogP contribution in [0.3, 0.4) is 0 Å². The van der Waals surface area contributed by atoms with Gasteiger partial charge in [0.15, 0.2) is 5.69 Å². The monoisotopic (exact) mass is 349 g/mol. The molecule has 1 aliphatic heterocycles. The lowest BCUT2D eigenvalue weighted by molar-refractivity contribution is 0.0702. The maximum absolute atomic E-state index is 13.5. The third-order valence-corrected chi connectivity index (χ3v) is 5.81. The molecule has 0 bridgehead atoms. The molecule has 1 atom stereocenters. The van der Waals surface area contributed by atoms with Gasteiger partial charge in [0.2, 0.25) is 0 Å². The highest BCUT2D eigenvalue weighted by molar-refractivity contribution is 6.15. The van der Waals surface area contributed by atoms with Crippen LogP contribution in [0, 0.1) is 12.3 Å². The Morgan fingerprint density at radius 2 is 2.04 bits per heavy atom. The van der Waals surface area contributed by atoms with Gasteiger partial charge in [0.25, 0.3) is 5.91 Å². The van der Waals surface area contributed by atoms with Crippen LogP contribution in [0.1, 0.15) is 35.7 Å². The molecule has 0 radical (unpaired) electrons. The van der Waals surface area contributed by atoms with Crippen molar-refractivity contribution in [2.45, 2.75) is 38.4 Å². The predicted octanol–water partition coefficient (Wildman–Crippen LogP) is 2.78. The molecule has 1 aliphatic carbocycles. The first-order chi connectivity index (χ1) is 12.4. The number of carbonyl (C=O) groups excluding carboxylic acids is 2. The van der Waals surface area contributed by atoms with Crippen molar-refractivity contribution in [1.82, 2.24) is 19.2 Å². The number of fused-ring (bicyclic) bond motifs is 1. The van der Waals surface area contributed by atoms with Gasteiger partial charge < -0.3 is 0 Å². The summed E-state index contributed by atoms with van der Waals surface area (Å²) in [4.78, 5) is 27.8. The molecule has 6 nitrogen and oxygen atoms in total. The molecule has 132 valence electrons. The summed E-state index contributed by atoms with van der Waals surface area (Å²) in [7, 11) is 1.93. The van der Waals surface area contributed by atoms with E-state index >= 15 is 0 Å². The number of hydrogen-bond acceptors (Lipinski definition) is 3. The van der Waals surface area contributed by atoms with E-state index in [0.29, 0.717) is 12.1 Å². The molecule has 2 aliphatic rings. The number of amides is 3. The summed E-state index contributed by atoms with van der Waals surface area (Å²) in [5, 5.41) is 4.18. The van der Waals surface area contributed by atoms with Crippen molar-refractivity contribution >= 4 is 17.6 Å². The Hall–Kier alpha value is -2.91. The van der Waals surface area contributed by atoms with Crippen LogP contribution in [-0.4, -0.2) is 39.2 Å². The molecule has 0 spiro atoms. The van der Waals surface area contributed by atoms with E-state index < -0.39 is 0 Å². The number of rotatable bonds is 4. The molecular weight excluding hydrogens is 328 g/mol. The fourth-order valence-electron chi connectivity index (χ4n) is 3.76. The quantitative estimate of drug-likeness (QED) is 0.630. The molecule has 3 amide bonds. The van der Waals surface area contributed by atoms with E-state index in [1.807, 2.05) is 25.2 Å². The van der Waals surface area contributed by atoms with Crippen LogP contribution >= 0.6 is 0 Å². The smallest absolute Gasteiger partial charge is 0.268 e. The van der Waals surface area contributed by atoms with Gasteiger partial charge in [-0.05, 0) is 13.0 Å². The van der Waals surface area contributed by atoms with Gasteiger partial charge in [-0.15, -0.1) is 6.42 Å². The molecule has 2 aromatic rings. The molecule has 1 aromatic heterocycles. The molecule has 4 rings (SSSR count). The van der Waals surface area contributed by atoms with Crippen molar-refractivity contribution in [1.29, 1.82) is 0 Å². The van der Waals surface area contributed by atoms with Gasteiger partial charge >= 0.3 is 6.03 Å². The zero-order valence-corrected chi connectivity index (χ0v) is 15.0. The normalized spacial score (nSPS) is 23.5. The molecular formula is C20H21N4O2+. The third-order valence-electron chi connectivity index (χ3n) is 5.81. The van der Waals surface area contributed by atoms with E-state index in [4.69, 9.17) is 6.42 Å². The molecule has 2 heterocycles. The second kappa shape index (κ2) is 5.55. The third kappa shape index (κ3) is 2.21. The first-order valence-corrected chi connectivity index (χ1v) is 8.68. The Morgan fingerprint density at radius 3 is 2.73 bits per heavy atom. The highest BCUT2D eigenvalue weighted by Crippen LogP contribution is 2.51. The average Bonchev–Trinajstić information content (AvgIpc) is 3.25. The molecule has 1 fully saturated rings. The van der Waals surface area contributed by atoms with E-state index in [-0.39, 0.29) is 28.5 Å². The standard InChI is InChI=1S/C20H21N4O2/c1-4-11-22-13-15(12-21-22)14-23-18(25)16-7-5-6-8-17(16)24(3,19(23)26)20(2)9-10-20/h1,5-8,12-13H,9-11,14H2,2-3H3/q+1. The molecule has 1 aromatic carbocycles. The molecule has 0 N–H and O–H groups in total. The van der Waals surface area contributed by atoms with E-state index in [2.05, 4.69) is 17.9 Å². The lowest BCUT2D eigenvalue weighted by Crippen LogP contribution is -2.67. The van der Waals surface area contributed by atoms with Crippen LogP contribution in [0.25, 0.3) is 0 Å². The van der Waals surface area contributed by atoms with Gasteiger partial charge in [-0.2, -0.15) is 5.10 Å². The Balaban J connectivity index is 1.75. The minimum Gasteiger partial charge on any atom is -0.268 e. The van der Waals surface area contributed by atoms with Crippen molar-refractivity contribution < 1.29 is 9.59 Å². The second-order valence-electron chi connectivity index (χ2n) is 7.44. The van der Waals surface area contributed by atoms with Crippen molar-refractivity contribution in [3.05, 3.63) is 47.8 Å². The molecule has 1 unspecified atom stereocenters. The van der Waals surface area contributed by atoms with Crippen LogP contribution in [0.15, 0.2) is 36.7 Å². The molecule has 0 saturated heterocycles. The van der Waals surface area contributed by atoms with Crippen LogP contribution in [0.5, 0.6) is 0 Å². The Morgan fingerprint density at radius 1 is 1.31 bits per heavy atom. The van der Waals surface area contributed by atoms with Crippen LogP contribution < -0.4 is 4.48 Å². The molecule has 1 saturated carbocycles. The lowest BCUT2D eigenvalue weighted by atomic mass is 10.0. The first kappa shape index (κ1) is 16.6. The van der Waals surface area contributed by atoms with E-state index in [1.54, 1.807) is 23.1 Å². The van der Waals surface area contributed by atoms with Crippen LogP contribution in [0.4, 0.5) is 10.5 Å². The minimum absolute atomic E-state index is 0.132. The van der Waals surface area contributed by atoms with Crippen LogP contribution in [0.2, 0.25) is 0 Å². The number of imide groups is 1. The summed E-state index contributed by atoms with van der Waals surface area (Å²) in [6.45, 7) is 2.66. The number of quaternary nitrogens is 1. The van der Waals surface area contributed by atoms with Crippen molar-refractivity contribution in [2.75, 3.05) is 7.05 Å². The number of hydrogen-bond donors (Lipinski definition) is 0. The number of nitrogens with zero attached hydrogens (tertiary/aromatic N) is 4. The fourth-order valence-corrected chi connectivity index (χ4v) is 3.76. The summed E-state index contributed by atoms with van der Waals surface area (Å²) >= 11 is 0. The number of benzene rings is 1. The van der Waals surface area contributed by atoms with E-state index in [9.17, 15) is 9.59 Å². The lowest BCUT2D eigenvalue weighted by Gasteiger charge is -2.43. The number of urea groups is 1. The first-order valence-electron chi connectivity index (χ1n) is 8.68. The number of carbonyl (C=O) groups is 2. The van der Waals surface area contributed by atoms with E-state index in [1.165, 1.54) is 4.90 Å². The Bertz CT molecular complexity index is 951. The predicted molar refractivity (Wildman–Crippen MR) is 98.1 cm³/mol. The fraction of sp³-hybridized carbons (Fsp3) is 0.350. The summed E-state index contributed by atoms with van der Waals surface area (Å²) in [5.74, 6) is 2.27. The number of aromatic nitrogens is 2. The zero-order chi connectivity index (χ0) is 18.5. The number of para-hydroxylation sites is 1. The maximum Gasteiger partial charge on any atom is 0.431 e. The SMILES string of the molecule is C#CCn1cc(CN2C(=O)c3ccccc3[N+](C)(C3(C)CC3)C2=O)cn1. The Labute approximate surface area is 152 Å². The molecule has 26 heavy (non-hydrogen) atoms. The van der Waals surface area contributed by atoms with Gasteiger partial charge in [0.05, 0.1) is 19.8 Å². The van der Waals surface area contributed by atoms with Crippen molar-refractivity contribution in [2.24, 2.45) is 0 Å². The zero-order valence-electron chi connectivity index (χ0n) is 15.0. The maximum atomic E-state index is 13.5. The number of terminal acetylenes is 1. The summed E-state index contributed by atoms with van der Waals surface area (Å²) < 4.78 is 1.76. The van der Waals surface area contributed by atoms with Gasteiger partial charge in [-0.1, -0.05) is 18.1 Å². The van der Waals surface area contributed by atoms with Crippen LogP contribution in [-0.2, 0) is 13.1 Å². The average molecular weight is 349 g/mol. The minimum atomic E-state index is -0.254.